The van der Waals surface area contributed by atoms with E-state index in [-0.39, 0.29) is 47.8 Å². The van der Waals surface area contributed by atoms with Crippen molar-refractivity contribution in [3.63, 3.8) is 0 Å². The molecule has 1 aromatic carbocycles. The maximum Gasteiger partial charge on any atom is 0.222 e. The van der Waals surface area contributed by atoms with Gasteiger partial charge < -0.3 is 20.3 Å². The highest BCUT2D eigenvalue weighted by Gasteiger charge is 2.23. The third kappa shape index (κ3) is 7.35. The number of ether oxygens (including phenoxy) is 1. The molecule has 1 saturated heterocycles. The summed E-state index contributed by atoms with van der Waals surface area (Å²) in [4.78, 5) is 17.9. The van der Waals surface area contributed by atoms with E-state index in [2.05, 4.69) is 15.6 Å². The number of guanidine groups is 1. The molecule has 2 atom stereocenters. The van der Waals surface area contributed by atoms with Crippen LogP contribution < -0.4 is 15.4 Å². The van der Waals surface area contributed by atoms with Crippen LogP contribution in [0.25, 0.3) is 0 Å². The molecule has 1 heterocycles. The zero-order valence-corrected chi connectivity index (χ0v) is 17.8. The molecule has 0 aliphatic carbocycles. The minimum absolute atomic E-state index is 0. The summed E-state index contributed by atoms with van der Waals surface area (Å²) < 4.78 is 18.7. The fourth-order valence-corrected chi connectivity index (χ4v) is 2.65. The lowest BCUT2D eigenvalue weighted by atomic mass is 10.1. The maximum absolute atomic E-state index is 12.9. The van der Waals surface area contributed by atoms with E-state index in [1.54, 1.807) is 17.0 Å². The van der Waals surface area contributed by atoms with Gasteiger partial charge >= 0.3 is 0 Å². The Morgan fingerprint density at radius 2 is 2.12 bits per heavy atom. The van der Waals surface area contributed by atoms with Crippen molar-refractivity contribution in [2.45, 2.75) is 38.8 Å². The number of benzene rings is 1. The first-order valence-corrected chi connectivity index (χ1v) is 8.69. The van der Waals surface area contributed by atoms with Gasteiger partial charge in [0.25, 0.3) is 0 Å². The Bertz CT molecular complexity index is 597. The van der Waals surface area contributed by atoms with Gasteiger partial charge in [-0.2, -0.15) is 0 Å². The molecule has 26 heavy (non-hydrogen) atoms. The lowest BCUT2D eigenvalue weighted by Gasteiger charge is -2.31. The molecule has 0 radical (unpaired) electrons. The van der Waals surface area contributed by atoms with Gasteiger partial charge in [0.15, 0.2) is 5.96 Å². The molecule has 2 rings (SSSR count). The second kappa shape index (κ2) is 11.2. The minimum Gasteiger partial charge on any atom is -0.489 e. The van der Waals surface area contributed by atoms with Gasteiger partial charge in [-0.1, -0.05) is 0 Å². The van der Waals surface area contributed by atoms with Gasteiger partial charge in [-0.05, 0) is 44.5 Å². The van der Waals surface area contributed by atoms with Crippen LogP contribution in [0.15, 0.2) is 29.3 Å². The topological polar surface area (TPSA) is 66.0 Å². The van der Waals surface area contributed by atoms with Crippen LogP contribution in [0.1, 0.15) is 26.7 Å². The van der Waals surface area contributed by atoms with E-state index in [1.165, 1.54) is 12.1 Å². The smallest absolute Gasteiger partial charge is 0.222 e. The van der Waals surface area contributed by atoms with Crippen molar-refractivity contribution in [1.82, 2.24) is 15.5 Å². The molecule has 2 unspecified atom stereocenters. The van der Waals surface area contributed by atoms with Gasteiger partial charge in [-0.3, -0.25) is 4.79 Å². The number of hydrogen-bond donors (Lipinski definition) is 2. The van der Waals surface area contributed by atoms with E-state index >= 15 is 0 Å². The SMILES string of the molecule is CCNC(=NCC(C)Oc1ccc(F)cc1)NC1CCC(=O)N(C)C1.I. The molecule has 1 amide bonds. The van der Waals surface area contributed by atoms with Crippen molar-refractivity contribution in [3.8, 4) is 5.75 Å². The Morgan fingerprint density at radius 3 is 2.73 bits per heavy atom. The maximum atomic E-state index is 12.9. The summed E-state index contributed by atoms with van der Waals surface area (Å²) in [5, 5.41) is 6.59. The van der Waals surface area contributed by atoms with Crippen LogP contribution in [-0.2, 0) is 4.79 Å². The quantitative estimate of drug-likeness (QED) is 0.375. The summed E-state index contributed by atoms with van der Waals surface area (Å²) in [5.41, 5.74) is 0. The number of amides is 1. The Hall–Kier alpha value is -1.58. The van der Waals surface area contributed by atoms with Crippen LogP contribution in [0.5, 0.6) is 5.75 Å². The molecule has 1 fully saturated rings. The lowest BCUT2D eigenvalue weighted by Crippen LogP contribution is -2.51. The van der Waals surface area contributed by atoms with Gasteiger partial charge in [0.05, 0.1) is 6.54 Å². The number of likely N-dealkylation sites (N-methyl/N-ethyl adjacent to an activating group) is 1. The van der Waals surface area contributed by atoms with E-state index in [9.17, 15) is 9.18 Å². The third-order valence-corrected chi connectivity index (χ3v) is 3.97. The highest BCUT2D eigenvalue weighted by Crippen LogP contribution is 2.13. The predicted octanol–water partition coefficient (Wildman–Crippen LogP) is 2.39. The van der Waals surface area contributed by atoms with Gasteiger partial charge in [0.1, 0.15) is 17.7 Å². The van der Waals surface area contributed by atoms with Gasteiger partial charge in [-0.25, -0.2) is 9.38 Å². The first-order valence-electron chi connectivity index (χ1n) is 8.69. The number of nitrogens with one attached hydrogen (secondary N) is 2. The van der Waals surface area contributed by atoms with Crippen molar-refractivity contribution >= 4 is 35.8 Å². The molecule has 0 aromatic heterocycles. The van der Waals surface area contributed by atoms with Crippen molar-refractivity contribution in [2.24, 2.45) is 4.99 Å². The third-order valence-electron chi connectivity index (χ3n) is 3.97. The average Bonchev–Trinajstić information content (AvgIpc) is 2.58. The largest absolute Gasteiger partial charge is 0.489 e. The Labute approximate surface area is 171 Å². The van der Waals surface area contributed by atoms with E-state index in [4.69, 9.17) is 4.74 Å². The Balaban J connectivity index is 0.00000338. The number of rotatable bonds is 6. The molecule has 6 nitrogen and oxygen atoms in total. The monoisotopic (exact) mass is 478 g/mol. The summed E-state index contributed by atoms with van der Waals surface area (Å²) in [7, 11) is 1.82. The normalized spacial score (nSPS) is 18.8. The molecule has 8 heteroatoms. The number of carbonyl (C=O) groups excluding carboxylic acids is 1. The van der Waals surface area contributed by atoms with Crippen LogP contribution in [0, 0.1) is 5.82 Å². The Kier molecular flexibility index (Phi) is 9.68. The van der Waals surface area contributed by atoms with Crippen LogP contribution in [0.2, 0.25) is 0 Å². The second-order valence-corrected chi connectivity index (χ2v) is 6.26. The minimum atomic E-state index is -0.285. The summed E-state index contributed by atoms with van der Waals surface area (Å²) in [6, 6.07) is 6.14. The highest BCUT2D eigenvalue weighted by atomic mass is 127. The molecule has 0 spiro atoms. The standard InChI is InChI=1S/C18H27FN4O2.HI/c1-4-20-18(22-15-7-10-17(24)23(3)12-15)21-11-13(2)25-16-8-5-14(19)6-9-16;/h5-6,8-9,13,15H,4,7,10-12H2,1-3H3,(H2,20,21,22);1H. The average molecular weight is 478 g/mol. The first kappa shape index (κ1) is 22.5. The van der Waals surface area contributed by atoms with Crippen LogP contribution in [-0.4, -0.2) is 55.6 Å². The molecule has 1 aromatic rings. The number of carbonyl (C=O) groups is 1. The summed E-state index contributed by atoms with van der Waals surface area (Å²) in [6.45, 7) is 5.81. The van der Waals surface area contributed by atoms with E-state index in [0.29, 0.717) is 31.2 Å². The fraction of sp³-hybridized carbons (Fsp3) is 0.556. The molecular formula is C18H28FIN4O2. The molecular weight excluding hydrogens is 450 g/mol. The van der Waals surface area contributed by atoms with Crippen LogP contribution in [0.3, 0.4) is 0 Å². The van der Waals surface area contributed by atoms with E-state index < -0.39 is 0 Å². The highest BCUT2D eigenvalue weighted by molar-refractivity contribution is 14.0. The van der Waals surface area contributed by atoms with Crippen molar-refractivity contribution in [1.29, 1.82) is 0 Å². The molecule has 0 bridgehead atoms. The van der Waals surface area contributed by atoms with Crippen LogP contribution in [0.4, 0.5) is 4.39 Å². The van der Waals surface area contributed by atoms with Crippen molar-refractivity contribution in [2.75, 3.05) is 26.7 Å². The summed E-state index contributed by atoms with van der Waals surface area (Å²) in [5.74, 6) is 1.23. The van der Waals surface area contributed by atoms with Crippen molar-refractivity contribution in [3.05, 3.63) is 30.1 Å². The second-order valence-electron chi connectivity index (χ2n) is 6.26. The molecule has 146 valence electrons. The van der Waals surface area contributed by atoms with Gasteiger partial charge in [0, 0.05) is 32.6 Å². The number of piperidine rings is 1. The molecule has 1 aliphatic heterocycles. The summed E-state index contributed by atoms with van der Waals surface area (Å²) >= 11 is 0. The fourth-order valence-electron chi connectivity index (χ4n) is 2.65. The van der Waals surface area contributed by atoms with Crippen LogP contribution >= 0.6 is 24.0 Å². The number of hydrogen-bond acceptors (Lipinski definition) is 3. The lowest BCUT2D eigenvalue weighted by molar-refractivity contribution is -0.132. The van der Waals surface area contributed by atoms with E-state index in [1.807, 2.05) is 20.9 Å². The summed E-state index contributed by atoms with van der Waals surface area (Å²) in [6.07, 6.45) is 1.21. The zero-order valence-electron chi connectivity index (χ0n) is 15.5. The van der Waals surface area contributed by atoms with Gasteiger partial charge in [0.2, 0.25) is 5.91 Å². The van der Waals surface area contributed by atoms with E-state index in [0.717, 1.165) is 13.0 Å². The number of nitrogens with zero attached hydrogens (tertiary/aromatic N) is 2. The molecule has 2 N–H and O–H groups in total. The number of halogens is 2. The number of aliphatic imine (C=N–C) groups is 1. The molecule has 0 saturated carbocycles. The number of likely N-dealkylation sites (tertiary alicyclic amines) is 1. The zero-order chi connectivity index (χ0) is 18.2. The molecule has 1 aliphatic rings. The van der Waals surface area contributed by atoms with Gasteiger partial charge in [-0.15, -0.1) is 24.0 Å². The Morgan fingerprint density at radius 1 is 1.42 bits per heavy atom. The van der Waals surface area contributed by atoms with Crippen molar-refractivity contribution < 1.29 is 13.9 Å². The first-order chi connectivity index (χ1) is 12.0. The predicted molar refractivity (Wildman–Crippen MR) is 112 cm³/mol.